The largest absolute Gasteiger partial charge is 0.494 e. The van der Waals surface area contributed by atoms with Crippen LogP contribution in [0.1, 0.15) is 59.1 Å². The van der Waals surface area contributed by atoms with Crippen molar-refractivity contribution in [1.82, 2.24) is 19.6 Å². The number of aromatic nitrogens is 2. The number of aromatic amines is 1. The molecule has 2 aromatic heterocycles. The number of azide groups is 1. The number of hydrogen-bond acceptors (Lipinski definition) is 10. The molecule has 0 bridgehead atoms. The highest BCUT2D eigenvalue weighted by Crippen LogP contribution is 2.28. The lowest BCUT2D eigenvalue weighted by Gasteiger charge is -2.22. The van der Waals surface area contributed by atoms with Gasteiger partial charge in [0.1, 0.15) is 29.0 Å². The fraction of sp³-hybridized carbons (Fsp3) is 0.366. The van der Waals surface area contributed by atoms with Gasteiger partial charge in [0.25, 0.3) is 10.0 Å². The van der Waals surface area contributed by atoms with Gasteiger partial charge in [0.15, 0.2) is 0 Å². The molecule has 2 amide bonds. The van der Waals surface area contributed by atoms with Crippen LogP contribution in [0.25, 0.3) is 32.2 Å². The lowest BCUT2D eigenvalue weighted by Crippen LogP contribution is -2.44. The first-order valence-electron chi connectivity index (χ1n) is 18.8. The molecule has 0 aliphatic carbocycles. The molecule has 2 atom stereocenters. The van der Waals surface area contributed by atoms with E-state index in [0.29, 0.717) is 41.8 Å². The quantitative estimate of drug-likeness (QED) is 0.0305. The van der Waals surface area contributed by atoms with Gasteiger partial charge in [-0.05, 0) is 101 Å². The van der Waals surface area contributed by atoms with Gasteiger partial charge in [-0.3, -0.25) is 0 Å². The van der Waals surface area contributed by atoms with E-state index in [1.165, 1.54) is 30.5 Å². The monoisotopic (exact) mass is 847 g/mol. The van der Waals surface area contributed by atoms with Crippen molar-refractivity contribution in [1.29, 1.82) is 0 Å². The van der Waals surface area contributed by atoms with Gasteiger partial charge in [0.2, 0.25) is 0 Å². The van der Waals surface area contributed by atoms with E-state index in [0.717, 1.165) is 20.4 Å². The third-order valence-corrected chi connectivity index (χ3v) is 10.1. The number of nitrogens with one attached hydrogen (secondary N) is 3. The number of carbonyl (C=O) groups is 4. The maximum Gasteiger partial charge on any atom is 0.408 e. The third-order valence-electron chi connectivity index (χ3n) is 8.38. The minimum absolute atomic E-state index is 0.00731. The first-order valence-corrected chi connectivity index (χ1v) is 20.2. The van der Waals surface area contributed by atoms with Gasteiger partial charge < -0.3 is 40.0 Å². The summed E-state index contributed by atoms with van der Waals surface area (Å²) in [5, 5.41) is 28.7. The van der Waals surface area contributed by atoms with Crippen LogP contribution in [0.4, 0.5) is 9.59 Å². The minimum atomic E-state index is -4.05. The van der Waals surface area contributed by atoms with Gasteiger partial charge in [0, 0.05) is 53.0 Å². The van der Waals surface area contributed by atoms with E-state index in [2.05, 4.69) is 25.6 Å². The molecule has 2 heterocycles. The Morgan fingerprint density at radius 3 is 1.88 bits per heavy atom. The van der Waals surface area contributed by atoms with Crippen LogP contribution in [0.15, 0.2) is 95.2 Å². The lowest BCUT2D eigenvalue weighted by atomic mass is 10.1. The maximum absolute atomic E-state index is 13.5. The summed E-state index contributed by atoms with van der Waals surface area (Å²) < 4.78 is 44.0. The molecular weight excluding hydrogens is 799 g/mol. The van der Waals surface area contributed by atoms with E-state index in [9.17, 15) is 37.8 Å². The predicted octanol–water partition coefficient (Wildman–Crippen LogP) is 7.17. The van der Waals surface area contributed by atoms with E-state index in [1.807, 2.05) is 24.3 Å². The Morgan fingerprint density at radius 2 is 1.33 bits per heavy atom. The second-order valence-electron chi connectivity index (χ2n) is 15.4. The molecule has 0 fully saturated rings. The van der Waals surface area contributed by atoms with Gasteiger partial charge in [-0.15, -0.1) is 0 Å². The fourth-order valence-electron chi connectivity index (χ4n) is 5.81. The minimum Gasteiger partial charge on any atom is -0.494 e. The number of benzene rings is 3. The topological polar surface area (TPSA) is 264 Å². The van der Waals surface area contributed by atoms with Gasteiger partial charge in [-0.25, -0.2) is 31.6 Å². The smallest absolute Gasteiger partial charge is 0.408 e. The van der Waals surface area contributed by atoms with Crippen LogP contribution in [0.5, 0.6) is 5.75 Å². The molecule has 5 N–H and O–H groups in total. The molecule has 18 nitrogen and oxygen atoms in total. The van der Waals surface area contributed by atoms with E-state index in [1.54, 1.807) is 72.0 Å². The molecule has 5 rings (SSSR count). The van der Waals surface area contributed by atoms with Crippen LogP contribution in [0.3, 0.4) is 0 Å². The summed E-state index contributed by atoms with van der Waals surface area (Å²) in [7, 11) is -4.05. The molecule has 3 aromatic carbocycles. The second-order valence-corrected chi connectivity index (χ2v) is 17.3. The SMILES string of the molecule is CC(C)(C)OC(=O)N[C@@H](Cc1c[nH]c2ccccc12)C(=O)O.CC(C)(C)OC(=O)N[C@@H](Cc1cn(S(=O)(=O)c2ccc(OCCCN=[N+]=[N-])cc2)c2ccccc12)C(=O)O. The maximum atomic E-state index is 13.5. The van der Waals surface area contributed by atoms with Gasteiger partial charge >= 0.3 is 24.1 Å². The summed E-state index contributed by atoms with van der Waals surface area (Å²) in [6.45, 7) is 10.7. The van der Waals surface area contributed by atoms with Crippen LogP contribution in [0.2, 0.25) is 0 Å². The Morgan fingerprint density at radius 1 is 0.800 bits per heavy atom. The average Bonchev–Trinajstić information content (AvgIpc) is 3.75. The summed E-state index contributed by atoms with van der Waals surface area (Å²) in [4.78, 5) is 53.0. The average molecular weight is 848 g/mol. The predicted molar refractivity (Wildman–Crippen MR) is 222 cm³/mol. The van der Waals surface area contributed by atoms with Crippen LogP contribution < -0.4 is 15.4 Å². The van der Waals surface area contributed by atoms with Crippen LogP contribution in [0, 0.1) is 0 Å². The van der Waals surface area contributed by atoms with E-state index in [4.69, 9.17) is 19.7 Å². The molecule has 0 unspecified atom stereocenters. The first-order chi connectivity index (χ1) is 28.2. The number of ether oxygens (including phenoxy) is 3. The van der Waals surface area contributed by atoms with Crippen molar-refractivity contribution in [2.45, 2.75) is 89.0 Å². The van der Waals surface area contributed by atoms with Crippen molar-refractivity contribution in [3.63, 3.8) is 0 Å². The van der Waals surface area contributed by atoms with Crippen molar-refractivity contribution < 1.29 is 52.0 Å². The number of carboxylic acid groups (broad SMARTS) is 2. The zero-order chi connectivity index (χ0) is 44.3. The normalized spacial score (nSPS) is 12.6. The number of carboxylic acids is 2. The molecule has 19 heteroatoms. The number of alkyl carbamates (subject to hydrolysis) is 2. The highest BCUT2D eigenvalue weighted by molar-refractivity contribution is 7.90. The number of aliphatic carboxylic acids is 2. The molecule has 5 aromatic rings. The van der Waals surface area contributed by atoms with Gasteiger partial charge in [0.05, 0.1) is 17.0 Å². The zero-order valence-corrected chi connectivity index (χ0v) is 34.9. The van der Waals surface area contributed by atoms with Crippen LogP contribution in [-0.4, -0.2) is 88.1 Å². The number of hydrogen-bond donors (Lipinski definition) is 5. The highest BCUT2D eigenvalue weighted by atomic mass is 32.2. The Balaban J connectivity index is 0.000000305. The molecule has 0 spiro atoms. The van der Waals surface area contributed by atoms with Crippen molar-refractivity contribution in [2.75, 3.05) is 13.2 Å². The summed E-state index contributed by atoms with van der Waals surface area (Å²) in [6.07, 6.45) is 2.03. The zero-order valence-electron chi connectivity index (χ0n) is 34.0. The molecule has 320 valence electrons. The van der Waals surface area contributed by atoms with Crippen molar-refractivity contribution in [2.24, 2.45) is 5.11 Å². The number of carbonyl (C=O) groups excluding carboxylic acids is 2. The molecular formula is C41H49N7O11S. The second kappa shape index (κ2) is 19.8. The number of rotatable bonds is 15. The van der Waals surface area contributed by atoms with E-state index in [-0.39, 0.29) is 17.7 Å². The molecule has 60 heavy (non-hydrogen) atoms. The number of amides is 2. The highest BCUT2D eigenvalue weighted by Gasteiger charge is 2.28. The van der Waals surface area contributed by atoms with Crippen molar-refractivity contribution >= 4 is 56.0 Å². The molecule has 0 saturated heterocycles. The van der Waals surface area contributed by atoms with Gasteiger partial charge in [-0.1, -0.05) is 41.5 Å². The Kier molecular flexibility index (Phi) is 15.2. The number of fused-ring (bicyclic) bond motifs is 2. The molecule has 0 aliphatic rings. The molecule has 0 saturated carbocycles. The summed E-state index contributed by atoms with van der Waals surface area (Å²) in [5.41, 5.74) is 9.36. The van der Waals surface area contributed by atoms with E-state index >= 15 is 0 Å². The standard InChI is InChI=1S/C25H29N5O7S.C16H20N2O4/c1-25(2,3)37-24(33)28-21(23(31)32)15-17-16-30(22-8-5-4-7-20(17)22)38(34,35)19-11-9-18(10-12-19)36-14-6-13-27-29-26;1-16(2,3)22-15(21)18-13(14(19)20)8-10-9-17-12-7-5-4-6-11(10)12/h4-5,7-12,16,21H,6,13-15H2,1-3H3,(H,28,33)(H,31,32);4-7,9,13,17H,8H2,1-3H3,(H,18,21)(H,19,20)/t21-;13-/m00/s1. The van der Waals surface area contributed by atoms with Crippen LogP contribution in [-0.2, 0) is 41.9 Å². The summed E-state index contributed by atoms with van der Waals surface area (Å²) in [5.74, 6) is -1.93. The molecule has 0 radical (unpaired) electrons. The molecule has 0 aliphatic heterocycles. The number of nitrogens with zero attached hydrogens (tertiary/aromatic N) is 4. The first kappa shape index (κ1) is 46.0. The third kappa shape index (κ3) is 13.2. The summed E-state index contributed by atoms with van der Waals surface area (Å²) >= 11 is 0. The van der Waals surface area contributed by atoms with Crippen molar-refractivity contribution in [3.8, 4) is 5.75 Å². The fourth-order valence-corrected chi connectivity index (χ4v) is 7.20. The Hall–Kier alpha value is -6.72. The van der Waals surface area contributed by atoms with E-state index < -0.39 is 57.4 Å². The number of H-pyrrole nitrogens is 1. The number of para-hydroxylation sites is 2. The lowest BCUT2D eigenvalue weighted by molar-refractivity contribution is -0.140. The van der Waals surface area contributed by atoms with Crippen molar-refractivity contribution in [3.05, 3.63) is 107 Å². The van der Waals surface area contributed by atoms with Gasteiger partial charge in [-0.2, -0.15) is 0 Å². The Bertz CT molecular complexity index is 2460. The van der Waals surface area contributed by atoms with Crippen LogP contribution >= 0.6 is 0 Å². The summed E-state index contributed by atoms with van der Waals surface area (Å²) in [6, 6.07) is 17.8. The Labute approximate surface area is 346 Å².